The van der Waals surface area contributed by atoms with Crippen LogP contribution in [0.25, 0.3) is 0 Å². The van der Waals surface area contributed by atoms with Crippen molar-refractivity contribution < 1.29 is 12.8 Å². The summed E-state index contributed by atoms with van der Waals surface area (Å²) in [7, 11) is -3.11. The number of piperidine rings is 1. The molecule has 6 heteroatoms. The first-order valence-electron chi connectivity index (χ1n) is 7.74. The minimum atomic E-state index is -3.11. The van der Waals surface area contributed by atoms with Gasteiger partial charge in [0.05, 0.1) is 6.26 Å². The highest BCUT2D eigenvalue weighted by molar-refractivity contribution is 7.88. The Kier molecular flexibility index (Phi) is 5.58. The summed E-state index contributed by atoms with van der Waals surface area (Å²) in [5.41, 5.74) is 1.71. The number of nitrogens with one attached hydrogen (secondary N) is 1. The Morgan fingerprint density at radius 2 is 2.14 bits per heavy atom. The third kappa shape index (κ3) is 4.27. The SMILES string of the molecule is CC[C@@H]1CN(S(C)(=O)=O)CC[C@@H]1NCc1ccc(F)c(C)c1. The van der Waals surface area contributed by atoms with E-state index in [2.05, 4.69) is 12.2 Å². The molecule has 1 aliphatic heterocycles. The van der Waals surface area contributed by atoms with Crippen molar-refractivity contribution in [1.82, 2.24) is 9.62 Å². The molecule has 0 amide bonds. The second kappa shape index (κ2) is 7.06. The van der Waals surface area contributed by atoms with Crippen molar-refractivity contribution in [2.45, 2.75) is 39.3 Å². The average Bonchev–Trinajstić information content (AvgIpc) is 2.47. The molecule has 124 valence electrons. The number of aryl methyl sites for hydroxylation is 1. The molecule has 1 aromatic rings. The van der Waals surface area contributed by atoms with Gasteiger partial charge in [-0.3, -0.25) is 0 Å². The highest BCUT2D eigenvalue weighted by atomic mass is 32.2. The van der Waals surface area contributed by atoms with E-state index < -0.39 is 10.0 Å². The minimum absolute atomic E-state index is 0.184. The lowest BCUT2D eigenvalue weighted by molar-refractivity contribution is 0.202. The van der Waals surface area contributed by atoms with Gasteiger partial charge >= 0.3 is 0 Å². The van der Waals surface area contributed by atoms with E-state index in [1.54, 1.807) is 17.3 Å². The van der Waals surface area contributed by atoms with Crippen molar-refractivity contribution in [3.05, 3.63) is 35.1 Å². The zero-order valence-electron chi connectivity index (χ0n) is 13.5. The van der Waals surface area contributed by atoms with Gasteiger partial charge in [-0.2, -0.15) is 0 Å². The van der Waals surface area contributed by atoms with Crippen LogP contribution in [-0.2, 0) is 16.6 Å². The Morgan fingerprint density at radius 3 is 2.73 bits per heavy atom. The van der Waals surface area contributed by atoms with Crippen LogP contribution in [0.2, 0.25) is 0 Å². The molecule has 0 aromatic heterocycles. The van der Waals surface area contributed by atoms with Crippen molar-refractivity contribution in [2.75, 3.05) is 19.3 Å². The lowest BCUT2D eigenvalue weighted by Crippen LogP contribution is -2.50. The van der Waals surface area contributed by atoms with Gasteiger partial charge in [0.15, 0.2) is 0 Å². The molecule has 0 saturated carbocycles. The Balaban J connectivity index is 1.96. The van der Waals surface area contributed by atoms with E-state index in [1.165, 1.54) is 12.3 Å². The van der Waals surface area contributed by atoms with Crippen molar-refractivity contribution >= 4 is 10.0 Å². The predicted molar refractivity (Wildman–Crippen MR) is 86.6 cm³/mol. The second-order valence-corrected chi connectivity index (χ2v) is 8.13. The number of hydrogen-bond acceptors (Lipinski definition) is 3. The highest BCUT2D eigenvalue weighted by Crippen LogP contribution is 2.22. The van der Waals surface area contributed by atoms with Crippen LogP contribution in [-0.4, -0.2) is 38.1 Å². The van der Waals surface area contributed by atoms with E-state index in [9.17, 15) is 12.8 Å². The molecular weight excluding hydrogens is 303 g/mol. The van der Waals surface area contributed by atoms with Gasteiger partial charge in [-0.05, 0) is 36.5 Å². The van der Waals surface area contributed by atoms with Crippen LogP contribution in [0.1, 0.15) is 30.9 Å². The molecule has 0 spiro atoms. The Morgan fingerprint density at radius 1 is 1.41 bits per heavy atom. The summed E-state index contributed by atoms with van der Waals surface area (Å²) in [6.45, 7) is 5.68. The minimum Gasteiger partial charge on any atom is -0.310 e. The van der Waals surface area contributed by atoms with Gasteiger partial charge in [-0.15, -0.1) is 0 Å². The number of halogens is 1. The molecule has 22 heavy (non-hydrogen) atoms. The van der Waals surface area contributed by atoms with Crippen molar-refractivity contribution in [3.8, 4) is 0 Å². The van der Waals surface area contributed by atoms with Gasteiger partial charge in [0, 0.05) is 25.7 Å². The van der Waals surface area contributed by atoms with Gasteiger partial charge < -0.3 is 5.32 Å². The van der Waals surface area contributed by atoms with Crippen LogP contribution in [0, 0.1) is 18.7 Å². The molecule has 1 aromatic carbocycles. The Hall–Kier alpha value is -0.980. The monoisotopic (exact) mass is 328 g/mol. The van der Waals surface area contributed by atoms with Gasteiger partial charge in [0.25, 0.3) is 0 Å². The second-order valence-electron chi connectivity index (χ2n) is 6.15. The van der Waals surface area contributed by atoms with Crippen molar-refractivity contribution in [3.63, 3.8) is 0 Å². The molecule has 0 bridgehead atoms. The summed E-state index contributed by atoms with van der Waals surface area (Å²) in [5.74, 6) is 0.127. The number of hydrogen-bond donors (Lipinski definition) is 1. The first-order chi connectivity index (χ1) is 10.3. The fraction of sp³-hybridized carbons (Fsp3) is 0.625. The van der Waals surface area contributed by atoms with Crippen LogP contribution in [0.15, 0.2) is 18.2 Å². The maximum atomic E-state index is 13.3. The van der Waals surface area contributed by atoms with E-state index in [4.69, 9.17) is 0 Å². The molecular formula is C16H25FN2O2S. The van der Waals surface area contributed by atoms with Crippen LogP contribution in [0.5, 0.6) is 0 Å². The average molecular weight is 328 g/mol. The zero-order valence-corrected chi connectivity index (χ0v) is 14.3. The van der Waals surface area contributed by atoms with Crippen LogP contribution in [0.4, 0.5) is 4.39 Å². The maximum Gasteiger partial charge on any atom is 0.211 e. The topological polar surface area (TPSA) is 49.4 Å². The maximum absolute atomic E-state index is 13.3. The van der Waals surface area contributed by atoms with Crippen LogP contribution < -0.4 is 5.32 Å². The Labute approximate surface area is 132 Å². The first-order valence-corrected chi connectivity index (χ1v) is 9.59. The third-order valence-corrected chi connectivity index (χ3v) is 5.75. The molecule has 2 rings (SSSR count). The predicted octanol–water partition coefficient (Wildman–Crippen LogP) is 2.28. The molecule has 0 radical (unpaired) electrons. The van der Waals surface area contributed by atoms with Crippen molar-refractivity contribution in [1.29, 1.82) is 0 Å². The summed E-state index contributed by atoms with van der Waals surface area (Å²) >= 11 is 0. The van der Waals surface area contributed by atoms with E-state index in [1.807, 2.05) is 6.07 Å². The third-order valence-electron chi connectivity index (χ3n) is 4.48. The van der Waals surface area contributed by atoms with E-state index in [0.29, 0.717) is 37.2 Å². The van der Waals surface area contributed by atoms with E-state index in [-0.39, 0.29) is 5.82 Å². The van der Waals surface area contributed by atoms with E-state index in [0.717, 1.165) is 18.4 Å². The van der Waals surface area contributed by atoms with Gasteiger partial charge in [-0.1, -0.05) is 25.5 Å². The van der Waals surface area contributed by atoms with E-state index >= 15 is 0 Å². The summed E-state index contributed by atoms with van der Waals surface area (Å²) in [5, 5.41) is 3.51. The molecule has 1 heterocycles. The lowest BCUT2D eigenvalue weighted by atomic mass is 9.91. The number of rotatable bonds is 5. The zero-order chi connectivity index (χ0) is 16.3. The van der Waals surface area contributed by atoms with Gasteiger partial charge in [-0.25, -0.2) is 17.1 Å². The fourth-order valence-corrected chi connectivity index (χ4v) is 3.95. The smallest absolute Gasteiger partial charge is 0.211 e. The van der Waals surface area contributed by atoms with Gasteiger partial charge in [0.2, 0.25) is 10.0 Å². The summed E-state index contributed by atoms with van der Waals surface area (Å²) in [4.78, 5) is 0. The molecule has 2 atom stereocenters. The molecule has 1 fully saturated rings. The number of benzene rings is 1. The largest absolute Gasteiger partial charge is 0.310 e. The standard InChI is InChI=1S/C16H25FN2O2S/c1-4-14-11-19(22(3,20)21)8-7-16(14)18-10-13-5-6-15(17)12(2)9-13/h5-6,9,14,16,18H,4,7-8,10-11H2,1-3H3/t14-,16+/m1/s1. The molecule has 1 aliphatic rings. The molecule has 0 aliphatic carbocycles. The molecule has 1 saturated heterocycles. The quantitative estimate of drug-likeness (QED) is 0.902. The molecule has 1 N–H and O–H groups in total. The normalized spacial score (nSPS) is 23.6. The van der Waals surface area contributed by atoms with Crippen LogP contribution in [0.3, 0.4) is 0 Å². The summed E-state index contributed by atoms with van der Waals surface area (Å²) in [6.07, 6.45) is 3.02. The Bertz CT molecular complexity index is 619. The summed E-state index contributed by atoms with van der Waals surface area (Å²) < 4.78 is 38.2. The van der Waals surface area contributed by atoms with Gasteiger partial charge in [0.1, 0.15) is 5.82 Å². The molecule has 4 nitrogen and oxygen atoms in total. The highest BCUT2D eigenvalue weighted by Gasteiger charge is 2.31. The number of sulfonamides is 1. The first kappa shape index (κ1) is 17.4. The van der Waals surface area contributed by atoms with Crippen molar-refractivity contribution in [2.24, 2.45) is 5.92 Å². The summed E-state index contributed by atoms with van der Waals surface area (Å²) in [6, 6.07) is 5.44. The molecule has 0 unspecified atom stereocenters. The van der Waals surface area contributed by atoms with Crippen LogP contribution >= 0.6 is 0 Å². The lowest BCUT2D eigenvalue weighted by Gasteiger charge is -2.37. The number of nitrogens with zero attached hydrogens (tertiary/aromatic N) is 1. The fourth-order valence-electron chi connectivity index (χ4n) is 3.05.